The molecule has 0 aromatic heterocycles. The molecule has 0 aromatic rings. The first-order chi connectivity index (χ1) is 7.88. The number of hydrazine groups is 1. The van der Waals surface area contributed by atoms with Crippen LogP contribution in [0.4, 0.5) is 0 Å². The van der Waals surface area contributed by atoms with E-state index >= 15 is 0 Å². The number of ether oxygens (including phenoxy) is 1. The van der Waals surface area contributed by atoms with Gasteiger partial charge in [-0.2, -0.15) is 0 Å². The largest absolute Gasteiger partial charge is 0.378 e. The second-order valence-corrected chi connectivity index (χ2v) is 5.47. The minimum atomic E-state index is 0.463. The summed E-state index contributed by atoms with van der Waals surface area (Å²) in [5, 5.41) is 0. The summed E-state index contributed by atoms with van der Waals surface area (Å²) in [6.07, 6.45) is 12.3. The Labute approximate surface area is 99.1 Å². The van der Waals surface area contributed by atoms with E-state index in [2.05, 4.69) is 5.43 Å². The number of hydrogen-bond acceptors (Lipinski definition) is 3. The van der Waals surface area contributed by atoms with Gasteiger partial charge in [-0.15, -0.1) is 0 Å². The van der Waals surface area contributed by atoms with Gasteiger partial charge in [0.25, 0.3) is 0 Å². The molecule has 2 fully saturated rings. The molecule has 1 aliphatic carbocycles. The van der Waals surface area contributed by atoms with E-state index in [1.807, 2.05) is 0 Å². The average Bonchev–Trinajstić information content (AvgIpc) is 2.82. The molecule has 94 valence electrons. The van der Waals surface area contributed by atoms with Gasteiger partial charge in [0.1, 0.15) is 0 Å². The minimum Gasteiger partial charge on any atom is -0.378 e. The number of rotatable bonds is 5. The van der Waals surface area contributed by atoms with Gasteiger partial charge in [-0.1, -0.05) is 32.1 Å². The zero-order chi connectivity index (χ0) is 11.2. The van der Waals surface area contributed by atoms with Crippen LogP contribution in [0.5, 0.6) is 0 Å². The van der Waals surface area contributed by atoms with Crippen molar-refractivity contribution in [2.24, 2.45) is 11.8 Å². The van der Waals surface area contributed by atoms with Gasteiger partial charge in [0.2, 0.25) is 0 Å². The van der Waals surface area contributed by atoms with Crippen LogP contribution in [-0.4, -0.2) is 18.8 Å². The lowest BCUT2D eigenvalue weighted by molar-refractivity contribution is 0.0903. The summed E-state index contributed by atoms with van der Waals surface area (Å²) in [4.78, 5) is 0. The lowest BCUT2D eigenvalue weighted by atomic mass is 9.84. The monoisotopic (exact) mass is 226 g/mol. The molecule has 1 saturated heterocycles. The first-order valence-electron chi connectivity index (χ1n) is 6.96. The minimum absolute atomic E-state index is 0.463. The van der Waals surface area contributed by atoms with E-state index < -0.39 is 0 Å². The highest BCUT2D eigenvalue weighted by Gasteiger charge is 2.23. The van der Waals surface area contributed by atoms with Gasteiger partial charge in [-0.25, -0.2) is 0 Å². The molecule has 2 atom stereocenters. The molecule has 0 bridgehead atoms. The SMILES string of the molecule is NNC(CC1CCCCC1)CC1CCCO1. The Morgan fingerprint density at radius 1 is 1.06 bits per heavy atom. The molecule has 0 radical (unpaired) electrons. The van der Waals surface area contributed by atoms with Gasteiger partial charge in [0.05, 0.1) is 6.10 Å². The fourth-order valence-corrected chi connectivity index (χ4v) is 3.21. The van der Waals surface area contributed by atoms with Crippen molar-refractivity contribution < 1.29 is 4.74 Å². The van der Waals surface area contributed by atoms with Crippen molar-refractivity contribution in [3.8, 4) is 0 Å². The topological polar surface area (TPSA) is 47.3 Å². The predicted molar refractivity (Wildman–Crippen MR) is 65.9 cm³/mol. The Morgan fingerprint density at radius 3 is 2.50 bits per heavy atom. The lowest BCUT2D eigenvalue weighted by Gasteiger charge is -2.27. The highest BCUT2D eigenvalue weighted by molar-refractivity contribution is 4.77. The first kappa shape index (κ1) is 12.3. The number of nitrogens with one attached hydrogen (secondary N) is 1. The average molecular weight is 226 g/mol. The lowest BCUT2D eigenvalue weighted by Crippen LogP contribution is -2.39. The molecule has 2 rings (SSSR count). The maximum Gasteiger partial charge on any atom is 0.0591 e. The molecule has 0 amide bonds. The molecule has 0 aromatic carbocycles. The Hall–Kier alpha value is -0.120. The van der Waals surface area contributed by atoms with Crippen molar-refractivity contribution in [3.63, 3.8) is 0 Å². The second-order valence-electron chi connectivity index (χ2n) is 5.47. The molecule has 1 saturated carbocycles. The van der Waals surface area contributed by atoms with Gasteiger partial charge in [-0.3, -0.25) is 11.3 Å². The maximum atomic E-state index is 5.68. The normalized spacial score (nSPS) is 29.4. The van der Waals surface area contributed by atoms with E-state index in [-0.39, 0.29) is 0 Å². The van der Waals surface area contributed by atoms with E-state index in [4.69, 9.17) is 10.6 Å². The summed E-state index contributed by atoms with van der Waals surface area (Å²) in [6, 6.07) is 0.464. The summed E-state index contributed by atoms with van der Waals surface area (Å²) in [6.45, 7) is 0.950. The highest BCUT2D eigenvalue weighted by Crippen LogP contribution is 2.29. The van der Waals surface area contributed by atoms with Crippen molar-refractivity contribution in [1.82, 2.24) is 5.43 Å². The highest BCUT2D eigenvalue weighted by atomic mass is 16.5. The molecule has 3 nitrogen and oxygen atoms in total. The zero-order valence-electron chi connectivity index (χ0n) is 10.3. The van der Waals surface area contributed by atoms with Gasteiger partial charge >= 0.3 is 0 Å². The van der Waals surface area contributed by atoms with Gasteiger partial charge in [0, 0.05) is 12.6 Å². The van der Waals surface area contributed by atoms with E-state index in [9.17, 15) is 0 Å². The van der Waals surface area contributed by atoms with Crippen molar-refractivity contribution >= 4 is 0 Å². The van der Waals surface area contributed by atoms with Crippen LogP contribution in [0.2, 0.25) is 0 Å². The van der Waals surface area contributed by atoms with Crippen LogP contribution in [0.25, 0.3) is 0 Å². The Balaban J connectivity index is 1.70. The Morgan fingerprint density at radius 2 is 1.88 bits per heavy atom. The fourth-order valence-electron chi connectivity index (χ4n) is 3.21. The molecule has 1 aliphatic heterocycles. The van der Waals surface area contributed by atoms with Crippen LogP contribution in [0, 0.1) is 5.92 Å². The zero-order valence-corrected chi connectivity index (χ0v) is 10.3. The number of nitrogens with two attached hydrogens (primary N) is 1. The summed E-state index contributed by atoms with van der Waals surface area (Å²) < 4.78 is 5.68. The maximum absolute atomic E-state index is 5.68. The van der Waals surface area contributed by atoms with E-state index in [0.29, 0.717) is 12.1 Å². The van der Waals surface area contributed by atoms with Crippen molar-refractivity contribution in [2.45, 2.75) is 69.9 Å². The third kappa shape index (κ3) is 3.72. The third-order valence-electron chi connectivity index (χ3n) is 4.15. The Kier molecular flexibility index (Phi) is 5.07. The summed E-state index contributed by atoms with van der Waals surface area (Å²) in [5.41, 5.74) is 3.00. The molecule has 2 unspecified atom stereocenters. The molecule has 3 N–H and O–H groups in total. The van der Waals surface area contributed by atoms with Crippen LogP contribution in [0.3, 0.4) is 0 Å². The standard InChI is InChI=1S/C13H26N2O/c14-15-12(10-13-7-4-8-16-13)9-11-5-2-1-3-6-11/h11-13,15H,1-10,14H2. The van der Waals surface area contributed by atoms with Crippen molar-refractivity contribution in [1.29, 1.82) is 0 Å². The van der Waals surface area contributed by atoms with E-state index in [1.54, 1.807) is 0 Å². The van der Waals surface area contributed by atoms with Crippen molar-refractivity contribution in [3.05, 3.63) is 0 Å². The van der Waals surface area contributed by atoms with Crippen LogP contribution < -0.4 is 11.3 Å². The predicted octanol–water partition coefficient (Wildman–Crippen LogP) is 2.36. The molecular formula is C13H26N2O. The molecular weight excluding hydrogens is 200 g/mol. The molecule has 1 heterocycles. The summed E-state index contributed by atoms with van der Waals surface area (Å²) >= 11 is 0. The van der Waals surface area contributed by atoms with Crippen LogP contribution >= 0.6 is 0 Å². The first-order valence-corrected chi connectivity index (χ1v) is 6.96. The van der Waals surface area contributed by atoms with E-state index in [1.165, 1.54) is 51.4 Å². The van der Waals surface area contributed by atoms with Crippen LogP contribution in [0.15, 0.2) is 0 Å². The second kappa shape index (κ2) is 6.58. The molecule has 16 heavy (non-hydrogen) atoms. The molecule has 2 aliphatic rings. The molecule has 3 heteroatoms. The van der Waals surface area contributed by atoms with Crippen LogP contribution in [0.1, 0.15) is 57.8 Å². The quantitative estimate of drug-likeness (QED) is 0.559. The third-order valence-corrected chi connectivity index (χ3v) is 4.15. The van der Waals surface area contributed by atoms with E-state index in [0.717, 1.165) is 18.9 Å². The molecule has 0 spiro atoms. The summed E-state index contributed by atoms with van der Waals surface area (Å²) in [5.74, 6) is 6.56. The fraction of sp³-hybridized carbons (Fsp3) is 1.00. The number of hydrogen-bond donors (Lipinski definition) is 2. The van der Waals surface area contributed by atoms with Crippen molar-refractivity contribution in [2.75, 3.05) is 6.61 Å². The van der Waals surface area contributed by atoms with Crippen LogP contribution in [-0.2, 0) is 4.74 Å². The summed E-state index contributed by atoms with van der Waals surface area (Å²) in [7, 11) is 0. The Bertz CT molecular complexity index is 186. The smallest absolute Gasteiger partial charge is 0.0591 e. The van der Waals surface area contributed by atoms with Gasteiger partial charge in [-0.05, 0) is 31.6 Å². The van der Waals surface area contributed by atoms with Gasteiger partial charge < -0.3 is 4.74 Å². The van der Waals surface area contributed by atoms with Gasteiger partial charge in [0.15, 0.2) is 0 Å².